The Morgan fingerprint density at radius 3 is 2.05 bits per heavy atom. The Bertz CT molecular complexity index is 442. The minimum atomic E-state index is -5.21. The molecular weight excluding hydrogens is 287 g/mol. The third-order valence-electron chi connectivity index (χ3n) is 3.33. The van der Waals surface area contributed by atoms with Crippen molar-refractivity contribution in [3.63, 3.8) is 0 Å². The van der Waals surface area contributed by atoms with Crippen LogP contribution in [0.1, 0.15) is 39.0 Å². The van der Waals surface area contributed by atoms with Crippen molar-refractivity contribution in [1.82, 2.24) is 4.72 Å². The molecule has 0 aromatic rings. The molecule has 1 aliphatic carbocycles. The lowest BCUT2D eigenvalue weighted by Gasteiger charge is -2.31. The van der Waals surface area contributed by atoms with Gasteiger partial charge in [0, 0.05) is 0 Å². The van der Waals surface area contributed by atoms with Crippen LogP contribution in [0.4, 0.5) is 13.2 Å². The van der Waals surface area contributed by atoms with Gasteiger partial charge in [-0.1, -0.05) is 19.3 Å². The van der Waals surface area contributed by atoms with Crippen LogP contribution in [0.2, 0.25) is 0 Å². The average molecular weight is 303 g/mol. The van der Waals surface area contributed by atoms with Crippen molar-refractivity contribution in [3.8, 4) is 0 Å². The number of hydrogen-bond donors (Lipinski definition) is 2. The van der Waals surface area contributed by atoms with Crippen LogP contribution in [0.15, 0.2) is 0 Å². The molecule has 1 unspecified atom stereocenters. The van der Waals surface area contributed by atoms with Crippen molar-refractivity contribution in [3.05, 3.63) is 0 Å². The Morgan fingerprint density at radius 2 is 1.68 bits per heavy atom. The minimum Gasteiger partial charge on any atom is -0.480 e. The summed E-state index contributed by atoms with van der Waals surface area (Å²) >= 11 is 0. The first-order chi connectivity index (χ1) is 8.51. The second-order valence-corrected chi connectivity index (χ2v) is 6.80. The Balaban J connectivity index is 2.99. The SMILES string of the molecule is CC(NS(=O)(=O)C1CCCCC1)(C(=O)O)C(F)(F)F. The predicted octanol–water partition coefficient (Wildman–Crippen LogP) is 1.64. The molecule has 0 spiro atoms. The molecule has 2 N–H and O–H groups in total. The summed E-state index contributed by atoms with van der Waals surface area (Å²) in [6.45, 7) is 0.315. The zero-order valence-electron chi connectivity index (χ0n) is 10.3. The van der Waals surface area contributed by atoms with E-state index < -0.39 is 33.0 Å². The number of carboxylic acid groups (broad SMARTS) is 1. The minimum absolute atomic E-state index is 0.253. The summed E-state index contributed by atoms with van der Waals surface area (Å²) in [5, 5.41) is 7.73. The number of carboxylic acids is 1. The van der Waals surface area contributed by atoms with Crippen LogP contribution in [0.3, 0.4) is 0 Å². The van der Waals surface area contributed by atoms with Crippen LogP contribution < -0.4 is 4.72 Å². The van der Waals surface area contributed by atoms with Gasteiger partial charge in [0.2, 0.25) is 15.6 Å². The largest absolute Gasteiger partial charge is 0.480 e. The molecule has 1 fully saturated rings. The lowest BCUT2D eigenvalue weighted by molar-refractivity contribution is -0.201. The number of carbonyl (C=O) groups is 1. The van der Waals surface area contributed by atoms with E-state index in [0.717, 1.165) is 6.42 Å². The second-order valence-electron chi connectivity index (χ2n) is 4.84. The highest BCUT2D eigenvalue weighted by Crippen LogP contribution is 2.33. The maximum atomic E-state index is 12.7. The number of alkyl halides is 3. The molecule has 0 aromatic heterocycles. The van der Waals surface area contributed by atoms with Crippen LogP contribution >= 0.6 is 0 Å². The van der Waals surface area contributed by atoms with E-state index >= 15 is 0 Å². The smallest absolute Gasteiger partial charge is 0.418 e. The topological polar surface area (TPSA) is 83.5 Å². The van der Waals surface area contributed by atoms with Crippen LogP contribution in [0.25, 0.3) is 0 Å². The molecule has 0 bridgehead atoms. The summed E-state index contributed by atoms with van der Waals surface area (Å²) in [6, 6.07) is 0. The summed E-state index contributed by atoms with van der Waals surface area (Å²) in [6.07, 6.45) is -2.64. The predicted molar refractivity (Wildman–Crippen MR) is 61.0 cm³/mol. The molecule has 5 nitrogen and oxygen atoms in total. The van der Waals surface area contributed by atoms with Crippen LogP contribution in [0, 0.1) is 0 Å². The molecule has 0 saturated heterocycles. The molecule has 1 rings (SSSR count). The van der Waals surface area contributed by atoms with Gasteiger partial charge in [-0.15, -0.1) is 0 Å². The first-order valence-electron chi connectivity index (χ1n) is 5.83. The van der Waals surface area contributed by atoms with Crippen LogP contribution in [-0.2, 0) is 14.8 Å². The Morgan fingerprint density at radius 1 is 1.21 bits per heavy atom. The quantitative estimate of drug-likeness (QED) is 0.827. The number of hydrogen-bond acceptors (Lipinski definition) is 3. The molecular formula is C10H16F3NO4S. The highest BCUT2D eigenvalue weighted by molar-refractivity contribution is 7.90. The van der Waals surface area contributed by atoms with Gasteiger partial charge in [-0.25, -0.2) is 13.2 Å². The van der Waals surface area contributed by atoms with Crippen LogP contribution in [-0.4, -0.2) is 36.5 Å². The Labute approximate surface area is 109 Å². The molecule has 1 aliphatic rings. The Hall–Kier alpha value is -0.830. The van der Waals surface area contributed by atoms with Crippen molar-refractivity contribution < 1.29 is 31.5 Å². The number of sulfonamides is 1. The van der Waals surface area contributed by atoms with Gasteiger partial charge in [0.1, 0.15) is 0 Å². The molecule has 0 heterocycles. The summed E-state index contributed by atoms with van der Waals surface area (Å²) < 4.78 is 63.3. The molecule has 0 aromatic carbocycles. The zero-order valence-corrected chi connectivity index (χ0v) is 11.1. The lowest BCUT2D eigenvalue weighted by atomic mass is 10.0. The first kappa shape index (κ1) is 16.2. The molecule has 0 amide bonds. The van der Waals surface area contributed by atoms with Crippen molar-refractivity contribution in [2.45, 2.75) is 56.0 Å². The maximum absolute atomic E-state index is 12.7. The van der Waals surface area contributed by atoms with Crippen molar-refractivity contribution in [2.24, 2.45) is 0 Å². The van der Waals surface area contributed by atoms with Gasteiger partial charge in [0.15, 0.2) is 0 Å². The van der Waals surface area contributed by atoms with Gasteiger partial charge >= 0.3 is 12.1 Å². The van der Waals surface area contributed by atoms with Crippen molar-refractivity contribution >= 4 is 16.0 Å². The maximum Gasteiger partial charge on any atom is 0.418 e. The van der Waals surface area contributed by atoms with E-state index in [9.17, 15) is 26.4 Å². The van der Waals surface area contributed by atoms with Gasteiger partial charge < -0.3 is 5.11 Å². The fourth-order valence-corrected chi connectivity index (χ4v) is 3.86. The fraction of sp³-hybridized carbons (Fsp3) is 0.900. The molecule has 19 heavy (non-hydrogen) atoms. The summed E-state index contributed by atoms with van der Waals surface area (Å²) in [5.74, 6) is -2.26. The molecule has 1 saturated carbocycles. The monoisotopic (exact) mass is 303 g/mol. The normalized spacial score (nSPS) is 21.9. The number of halogens is 3. The van der Waals surface area contributed by atoms with Gasteiger partial charge in [-0.2, -0.15) is 17.9 Å². The van der Waals surface area contributed by atoms with Gasteiger partial charge in [0.05, 0.1) is 5.25 Å². The summed E-state index contributed by atoms with van der Waals surface area (Å²) in [4.78, 5) is 10.8. The lowest BCUT2D eigenvalue weighted by Crippen LogP contribution is -2.63. The molecule has 112 valence electrons. The number of rotatable bonds is 4. The first-order valence-corrected chi connectivity index (χ1v) is 7.38. The van der Waals surface area contributed by atoms with E-state index in [2.05, 4.69) is 0 Å². The van der Waals surface area contributed by atoms with E-state index in [1.807, 2.05) is 0 Å². The third-order valence-corrected chi connectivity index (χ3v) is 5.37. The van der Waals surface area contributed by atoms with E-state index in [-0.39, 0.29) is 12.8 Å². The van der Waals surface area contributed by atoms with E-state index in [4.69, 9.17) is 5.11 Å². The van der Waals surface area contributed by atoms with Crippen LogP contribution in [0.5, 0.6) is 0 Å². The zero-order chi connectivity index (χ0) is 14.9. The van der Waals surface area contributed by atoms with Gasteiger partial charge in [0.25, 0.3) is 0 Å². The van der Waals surface area contributed by atoms with E-state index in [0.29, 0.717) is 19.8 Å². The van der Waals surface area contributed by atoms with E-state index in [1.54, 1.807) is 0 Å². The molecule has 1 atom stereocenters. The van der Waals surface area contributed by atoms with E-state index in [1.165, 1.54) is 4.72 Å². The third kappa shape index (κ3) is 3.38. The van der Waals surface area contributed by atoms with Gasteiger partial charge in [-0.3, -0.25) is 0 Å². The van der Waals surface area contributed by atoms with Crippen molar-refractivity contribution in [2.75, 3.05) is 0 Å². The van der Waals surface area contributed by atoms with Crippen molar-refractivity contribution in [1.29, 1.82) is 0 Å². The highest BCUT2D eigenvalue weighted by Gasteiger charge is 2.60. The standard InChI is InChI=1S/C10H16F3NO4S/c1-9(8(15)16,10(11,12)13)14-19(17,18)7-5-3-2-4-6-7/h7,14H,2-6H2,1H3,(H,15,16). The fourth-order valence-electron chi connectivity index (χ4n) is 1.97. The second kappa shape index (κ2) is 5.28. The van der Waals surface area contributed by atoms with Gasteiger partial charge in [-0.05, 0) is 19.8 Å². The number of nitrogens with one attached hydrogen (secondary N) is 1. The molecule has 0 radical (unpaired) electrons. The molecule has 9 heteroatoms. The summed E-state index contributed by atoms with van der Waals surface area (Å²) in [5.41, 5.74) is -3.50. The number of aliphatic carboxylic acids is 1. The Kier molecular flexibility index (Phi) is 4.51. The average Bonchev–Trinajstić information content (AvgIpc) is 2.28. The summed E-state index contributed by atoms with van der Waals surface area (Å²) in [7, 11) is -4.32. The molecule has 0 aliphatic heterocycles. The highest BCUT2D eigenvalue weighted by atomic mass is 32.2.